The van der Waals surface area contributed by atoms with Crippen LogP contribution in [-0.4, -0.2) is 22.2 Å². The lowest BCUT2D eigenvalue weighted by Gasteiger charge is -2.14. The Balaban J connectivity index is 0.00000164. The van der Waals surface area contributed by atoms with Crippen LogP contribution < -0.4 is 16.2 Å². The van der Waals surface area contributed by atoms with E-state index in [9.17, 15) is 4.79 Å². The molecule has 0 aliphatic carbocycles. The molecule has 7 nitrogen and oxygen atoms in total. The summed E-state index contributed by atoms with van der Waals surface area (Å²) in [5.41, 5.74) is 11.1. The number of rotatable bonds is 9. The van der Waals surface area contributed by atoms with E-state index in [1.807, 2.05) is 32.1 Å². The van der Waals surface area contributed by atoms with Crippen molar-refractivity contribution < 1.29 is 4.79 Å². The van der Waals surface area contributed by atoms with Crippen molar-refractivity contribution in [1.29, 1.82) is 0 Å². The zero-order valence-corrected chi connectivity index (χ0v) is 22.1. The molecular weight excluding hydrogens is 424 g/mol. The van der Waals surface area contributed by atoms with Crippen LogP contribution >= 0.6 is 0 Å². The minimum absolute atomic E-state index is 0.254. The van der Waals surface area contributed by atoms with Crippen LogP contribution in [0, 0.1) is 12.8 Å². The summed E-state index contributed by atoms with van der Waals surface area (Å²) < 4.78 is 0. The summed E-state index contributed by atoms with van der Waals surface area (Å²) in [7, 11) is 0. The predicted molar refractivity (Wildman–Crippen MR) is 146 cm³/mol. The molecule has 1 heterocycles. The first-order valence-electron chi connectivity index (χ1n) is 11.7. The number of nitrogens with zero attached hydrogens (tertiary/aromatic N) is 3. The Morgan fingerprint density at radius 1 is 1.18 bits per heavy atom. The lowest BCUT2D eigenvalue weighted by molar-refractivity contribution is 0.0946. The Morgan fingerprint density at radius 2 is 1.82 bits per heavy atom. The fourth-order valence-electron chi connectivity index (χ4n) is 2.58. The number of aryl methyl sites for hydroxylation is 2. The first-order chi connectivity index (χ1) is 16.2. The first kappa shape index (κ1) is 30.5. The number of allylic oxidation sites excluding steroid dienone is 1. The van der Waals surface area contributed by atoms with Crippen LogP contribution in [-0.2, 0) is 13.0 Å². The average Bonchev–Trinajstić information content (AvgIpc) is 2.81. The molecule has 1 aromatic heterocycles. The first-order valence-corrected chi connectivity index (χ1v) is 11.7. The quantitative estimate of drug-likeness (QED) is 0.236. The van der Waals surface area contributed by atoms with Gasteiger partial charge in [-0.05, 0) is 42.9 Å². The molecule has 0 bridgehead atoms. The van der Waals surface area contributed by atoms with Gasteiger partial charge >= 0.3 is 0 Å². The summed E-state index contributed by atoms with van der Waals surface area (Å²) in [6, 6.07) is 6.08. The molecule has 0 unspecified atom stereocenters. The fourth-order valence-corrected chi connectivity index (χ4v) is 2.58. The summed E-state index contributed by atoms with van der Waals surface area (Å²) in [4.78, 5) is 25.0. The van der Waals surface area contributed by atoms with E-state index < -0.39 is 0 Å². The highest BCUT2D eigenvalue weighted by Crippen LogP contribution is 2.17. The zero-order chi connectivity index (χ0) is 26.1. The van der Waals surface area contributed by atoms with Gasteiger partial charge < -0.3 is 5.32 Å². The molecule has 2 aromatic rings. The maximum absolute atomic E-state index is 12.7. The summed E-state index contributed by atoms with van der Waals surface area (Å²) in [5.74, 6) is 0.543. The number of aromatic nitrogens is 2. The molecule has 0 saturated carbocycles. The van der Waals surface area contributed by atoms with Crippen LogP contribution in [0.3, 0.4) is 0 Å². The van der Waals surface area contributed by atoms with Crippen molar-refractivity contribution >= 4 is 24.0 Å². The van der Waals surface area contributed by atoms with Crippen molar-refractivity contribution in [3.8, 4) is 0 Å². The van der Waals surface area contributed by atoms with Gasteiger partial charge in [-0.3, -0.25) is 15.6 Å². The number of hydrogen-bond acceptors (Lipinski definition) is 5. The average molecular weight is 467 g/mol. The highest BCUT2D eigenvalue weighted by atomic mass is 16.1. The smallest absolute Gasteiger partial charge is 0.272 e. The third kappa shape index (κ3) is 11.4. The molecule has 0 aliphatic rings. The molecule has 34 heavy (non-hydrogen) atoms. The SMILES string of the molecule is C=Cc1ccc(CNC(=O)c2ncnc(C)c2NNC=NC(=C)C)c(CC)c1.CC.CC(C)C. The lowest BCUT2D eigenvalue weighted by atomic mass is 10.0. The second kappa shape index (κ2) is 17.1. The topological polar surface area (TPSA) is 91.3 Å². The highest BCUT2D eigenvalue weighted by molar-refractivity contribution is 5.98. The van der Waals surface area contributed by atoms with Crippen molar-refractivity contribution in [1.82, 2.24) is 20.7 Å². The summed E-state index contributed by atoms with van der Waals surface area (Å²) >= 11 is 0. The standard InChI is InChI=1S/C21H26N6O.C4H10.C2H6/c1-6-16-8-9-18(17(7-2)10-16)11-22-21(28)20-19(15(5)24-12-25-20)27-26-13-23-14(3)4;1-4(2)3;1-2/h6,8-10,12-13,27H,1,3,7,11H2,2,4-5H3,(H,22,28)(H,23,26);4H,1-3H3;1-2H3. The van der Waals surface area contributed by atoms with Crippen molar-refractivity contribution in [2.45, 2.75) is 68.4 Å². The van der Waals surface area contributed by atoms with E-state index in [1.165, 1.54) is 18.2 Å². The highest BCUT2D eigenvalue weighted by Gasteiger charge is 2.16. The van der Waals surface area contributed by atoms with E-state index >= 15 is 0 Å². The maximum atomic E-state index is 12.7. The fraction of sp³-hybridized carbons (Fsp3) is 0.407. The molecule has 0 spiro atoms. The minimum Gasteiger partial charge on any atom is -0.347 e. The molecule has 0 atom stereocenters. The van der Waals surface area contributed by atoms with Gasteiger partial charge in [0.1, 0.15) is 18.4 Å². The van der Waals surface area contributed by atoms with Crippen molar-refractivity contribution in [2.24, 2.45) is 10.9 Å². The molecule has 1 aromatic carbocycles. The van der Waals surface area contributed by atoms with Crippen LogP contribution in [0.2, 0.25) is 0 Å². The normalized spacial score (nSPS) is 9.91. The van der Waals surface area contributed by atoms with Gasteiger partial charge in [0.2, 0.25) is 0 Å². The molecule has 7 heteroatoms. The lowest BCUT2D eigenvalue weighted by Crippen LogP contribution is -2.28. The number of hydrazine groups is 1. The largest absolute Gasteiger partial charge is 0.347 e. The van der Waals surface area contributed by atoms with Gasteiger partial charge in [-0.15, -0.1) is 0 Å². The van der Waals surface area contributed by atoms with Gasteiger partial charge in [0, 0.05) is 12.2 Å². The summed E-state index contributed by atoms with van der Waals surface area (Å²) in [5, 5.41) is 2.93. The van der Waals surface area contributed by atoms with Crippen molar-refractivity contribution in [3.63, 3.8) is 0 Å². The van der Waals surface area contributed by atoms with Crippen LogP contribution in [0.4, 0.5) is 5.69 Å². The van der Waals surface area contributed by atoms with E-state index in [0.29, 0.717) is 23.6 Å². The van der Waals surface area contributed by atoms with E-state index in [4.69, 9.17) is 0 Å². The minimum atomic E-state index is -0.290. The van der Waals surface area contributed by atoms with E-state index in [0.717, 1.165) is 23.5 Å². The second-order valence-corrected chi connectivity index (χ2v) is 7.95. The molecule has 3 N–H and O–H groups in total. The Labute approximate surface area is 205 Å². The van der Waals surface area contributed by atoms with Gasteiger partial charge in [0.15, 0.2) is 5.69 Å². The van der Waals surface area contributed by atoms with Crippen LogP contribution in [0.25, 0.3) is 6.08 Å². The molecule has 0 saturated heterocycles. The Hall–Kier alpha value is -3.48. The van der Waals surface area contributed by atoms with Crippen LogP contribution in [0.15, 0.2) is 48.4 Å². The van der Waals surface area contributed by atoms with Crippen LogP contribution in [0.1, 0.15) is 81.3 Å². The molecule has 2 rings (SSSR count). The molecule has 0 radical (unpaired) electrons. The molecule has 0 fully saturated rings. The van der Waals surface area contributed by atoms with E-state index in [1.54, 1.807) is 13.8 Å². The van der Waals surface area contributed by atoms with Crippen molar-refractivity contribution in [2.75, 3.05) is 5.43 Å². The molecule has 0 aliphatic heterocycles. The summed E-state index contributed by atoms with van der Waals surface area (Å²) in [6.07, 6.45) is 5.50. The van der Waals surface area contributed by atoms with Gasteiger partial charge in [-0.2, -0.15) is 0 Å². The number of carbonyl (C=O) groups excluding carboxylic acids is 1. The monoisotopic (exact) mass is 466 g/mol. The Morgan fingerprint density at radius 3 is 2.38 bits per heavy atom. The van der Waals surface area contributed by atoms with Gasteiger partial charge in [0.05, 0.1) is 5.69 Å². The number of aliphatic imine (C=N–C) groups is 1. The van der Waals surface area contributed by atoms with Crippen LogP contribution in [0.5, 0.6) is 0 Å². The third-order valence-corrected chi connectivity index (χ3v) is 4.08. The number of hydrogen-bond donors (Lipinski definition) is 3. The molecule has 186 valence electrons. The van der Waals surface area contributed by atoms with E-state index in [-0.39, 0.29) is 11.6 Å². The maximum Gasteiger partial charge on any atom is 0.272 e. The number of benzene rings is 1. The second-order valence-electron chi connectivity index (χ2n) is 7.95. The van der Waals surface area contributed by atoms with Gasteiger partial charge in [-0.1, -0.05) is 79.0 Å². The molecule has 1 amide bonds. The Kier molecular flexibility index (Phi) is 15.3. The zero-order valence-electron chi connectivity index (χ0n) is 22.1. The summed E-state index contributed by atoms with van der Waals surface area (Å²) in [6.45, 7) is 24.0. The number of carbonyl (C=O) groups is 1. The van der Waals surface area contributed by atoms with Gasteiger partial charge in [-0.25, -0.2) is 15.0 Å². The number of anilines is 1. The Bertz CT molecular complexity index is 947. The van der Waals surface area contributed by atoms with E-state index in [2.05, 4.69) is 78.0 Å². The van der Waals surface area contributed by atoms with Gasteiger partial charge in [0.25, 0.3) is 5.91 Å². The number of amides is 1. The number of nitrogens with one attached hydrogen (secondary N) is 3. The third-order valence-electron chi connectivity index (χ3n) is 4.08. The predicted octanol–water partition coefficient (Wildman–Crippen LogP) is 6.09. The van der Waals surface area contributed by atoms with Crippen molar-refractivity contribution in [3.05, 3.63) is 71.5 Å². The molecular formula is C27H42N6O.